The molecule has 2 aromatic carbocycles. The van der Waals surface area contributed by atoms with Crippen LogP contribution in [0.3, 0.4) is 0 Å². The fraction of sp³-hybridized carbons (Fsp3) is 0.368. The Hall–Kier alpha value is -1.69. The van der Waals surface area contributed by atoms with Gasteiger partial charge in [0.25, 0.3) is 0 Å². The summed E-state index contributed by atoms with van der Waals surface area (Å²) in [6.07, 6.45) is 0. The molecule has 4 nitrogen and oxygen atoms in total. The number of rotatable bonds is 8. The quantitative estimate of drug-likeness (QED) is 0.772. The van der Waals surface area contributed by atoms with Crippen molar-refractivity contribution in [2.24, 2.45) is 0 Å². The molecule has 0 unspecified atom stereocenters. The summed E-state index contributed by atoms with van der Waals surface area (Å²) in [7, 11) is -3.27. The average molecular weight is 346 g/mol. The van der Waals surface area contributed by atoms with Crippen LogP contribution in [0.1, 0.15) is 36.1 Å². The van der Waals surface area contributed by atoms with Crippen LogP contribution < -0.4 is 10.0 Å². The summed E-state index contributed by atoms with van der Waals surface area (Å²) in [6.45, 7) is 7.29. The van der Waals surface area contributed by atoms with E-state index in [0.29, 0.717) is 0 Å². The van der Waals surface area contributed by atoms with Crippen LogP contribution >= 0.6 is 0 Å². The van der Waals surface area contributed by atoms with Crippen LogP contribution in [-0.4, -0.2) is 14.5 Å². The summed E-state index contributed by atoms with van der Waals surface area (Å²) < 4.78 is 26.4. The Labute approximate surface area is 145 Å². The predicted octanol–water partition coefficient (Wildman–Crippen LogP) is 3.11. The minimum Gasteiger partial charge on any atom is -0.309 e. The zero-order valence-corrected chi connectivity index (χ0v) is 15.4. The van der Waals surface area contributed by atoms with Crippen LogP contribution in [0.4, 0.5) is 0 Å². The van der Waals surface area contributed by atoms with E-state index in [1.165, 1.54) is 11.1 Å². The van der Waals surface area contributed by atoms with Gasteiger partial charge in [-0.25, -0.2) is 13.1 Å². The molecule has 2 rings (SSSR count). The molecular formula is C19H26N2O2S. The third kappa shape index (κ3) is 6.43. The summed E-state index contributed by atoms with van der Waals surface area (Å²) >= 11 is 0. The summed E-state index contributed by atoms with van der Waals surface area (Å²) in [6, 6.07) is 16.1. The molecular weight excluding hydrogens is 320 g/mol. The van der Waals surface area contributed by atoms with E-state index in [4.69, 9.17) is 0 Å². The Balaban J connectivity index is 1.84. The van der Waals surface area contributed by atoms with E-state index in [0.717, 1.165) is 24.2 Å². The molecule has 0 aliphatic heterocycles. The van der Waals surface area contributed by atoms with Gasteiger partial charge in [-0.15, -0.1) is 0 Å². The molecule has 0 aromatic heterocycles. The van der Waals surface area contributed by atoms with Gasteiger partial charge in [0.05, 0.1) is 5.75 Å². The van der Waals surface area contributed by atoms with E-state index < -0.39 is 10.0 Å². The van der Waals surface area contributed by atoms with Crippen molar-refractivity contribution >= 4 is 10.0 Å². The number of sulfonamides is 1. The van der Waals surface area contributed by atoms with Gasteiger partial charge in [0.15, 0.2) is 0 Å². The zero-order valence-electron chi connectivity index (χ0n) is 14.5. The molecule has 0 aliphatic rings. The predicted molar refractivity (Wildman–Crippen MR) is 99.1 cm³/mol. The number of aryl methyl sites for hydroxylation is 1. The average Bonchev–Trinajstić information content (AvgIpc) is 2.49. The van der Waals surface area contributed by atoms with Crippen molar-refractivity contribution in [2.45, 2.75) is 45.7 Å². The molecule has 0 radical (unpaired) electrons. The van der Waals surface area contributed by atoms with Gasteiger partial charge < -0.3 is 5.32 Å². The molecule has 2 N–H and O–H groups in total. The second-order valence-electron chi connectivity index (χ2n) is 6.44. The lowest BCUT2D eigenvalue weighted by Crippen LogP contribution is -2.31. The normalized spacial score (nSPS) is 11.8. The van der Waals surface area contributed by atoms with Crippen molar-refractivity contribution in [3.63, 3.8) is 0 Å². The molecule has 0 aliphatic carbocycles. The topological polar surface area (TPSA) is 58.2 Å². The van der Waals surface area contributed by atoms with Crippen molar-refractivity contribution in [3.05, 3.63) is 70.8 Å². The highest BCUT2D eigenvalue weighted by Crippen LogP contribution is 2.09. The number of hydrogen-bond donors (Lipinski definition) is 2. The highest BCUT2D eigenvalue weighted by atomic mass is 32.2. The van der Waals surface area contributed by atoms with E-state index in [2.05, 4.69) is 41.2 Å². The van der Waals surface area contributed by atoms with Crippen LogP contribution in [0.2, 0.25) is 0 Å². The minimum atomic E-state index is -3.27. The van der Waals surface area contributed by atoms with Gasteiger partial charge in [0.2, 0.25) is 10.0 Å². The van der Waals surface area contributed by atoms with Crippen LogP contribution in [0.15, 0.2) is 48.5 Å². The van der Waals surface area contributed by atoms with Gasteiger partial charge in [-0.2, -0.15) is 0 Å². The molecule has 2 aromatic rings. The van der Waals surface area contributed by atoms with Crippen LogP contribution in [-0.2, 0) is 28.9 Å². The van der Waals surface area contributed by atoms with Crippen LogP contribution in [0.25, 0.3) is 0 Å². The van der Waals surface area contributed by atoms with Gasteiger partial charge in [-0.3, -0.25) is 0 Å². The summed E-state index contributed by atoms with van der Waals surface area (Å²) in [5.74, 6) is 0.0161. The van der Waals surface area contributed by atoms with E-state index in [1.807, 2.05) is 38.1 Å². The largest absolute Gasteiger partial charge is 0.309 e. The van der Waals surface area contributed by atoms with Gasteiger partial charge in [-0.05, 0) is 37.5 Å². The lowest BCUT2D eigenvalue weighted by atomic mass is 10.1. The molecule has 0 saturated carbocycles. The number of nitrogens with one attached hydrogen (secondary N) is 2. The van der Waals surface area contributed by atoms with Crippen molar-refractivity contribution in [3.8, 4) is 0 Å². The van der Waals surface area contributed by atoms with E-state index in [-0.39, 0.29) is 11.8 Å². The maximum Gasteiger partial charge on any atom is 0.216 e. The Morgan fingerprint density at radius 2 is 1.29 bits per heavy atom. The highest BCUT2D eigenvalue weighted by Gasteiger charge is 2.12. The number of hydrogen-bond acceptors (Lipinski definition) is 3. The first-order chi connectivity index (χ1) is 11.3. The molecule has 0 saturated heterocycles. The Kier molecular flexibility index (Phi) is 6.54. The van der Waals surface area contributed by atoms with Crippen LogP contribution in [0, 0.1) is 6.92 Å². The fourth-order valence-electron chi connectivity index (χ4n) is 2.43. The summed E-state index contributed by atoms with van der Waals surface area (Å²) in [5.41, 5.74) is 4.45. The molecule has 24 heavy (non-hydrogen) atoms. The molecule has 0 fully saturated rings. The smallest absolute Gasteiger partial charge is 0.216 e. The molecule has 0 spiro atoms. The molecule has 130 valence electrons. The van der Waals surface area contributed by atoms with E-state index in [9.17, 15) is 8.42 Å². The lowest BCUT2D eigenvalue weighted by Gasteiger charge is -2.10. The maximum atomic E-state index is 11.9. The van der Waals surface area contributed by atoms with E-state index >= 15 is 0 Å². The monoisotopic (exact) mass is 346 g/mol. The second-order valence-corrected chi connectivity index (χ2v) is 8.19. The fourth-order valence-corrected chi connectivity index (χ4v) is 3.86. The third-order valence-electron chi connectivity index (χ3n) is 3.57. The Morgan fingerprint density at radius 3 is 1.79 bits per heavy atom. The molecule has 0 bridgehead atoms. The lowest BCUT2D eigenvalue weighted by molar-refractivity contribution is 0.569. The summed E-state index contributed by atoms with van der Waals surface area (Å²) in [5, 5.41) is 3.40. The first-order valence-electron chi connectivity index (χ1n) is 8.18. The highest BCUT2D eigenvalue weighted by molar-refractivity contribution is 7.88. The minimum absolute atomic E-state index is 0.0161. The van der Waals surface area contributed by atoms with Crippen molar-refractivity contribution < 1.29 is 8.42 Å². The summed E-state index contributed by atoms with van der Waals surface area (Å²) in [4.78, 5) is 0. The third-order valence-corrected chi connectivity index (χ3v) is 5.12. The van der Waals surface area contributed by atoms with Gasteiger partial charge in [0, 0.05) is 19.1 Å². The molecule has 0 amide bonds. The Bertz CT molecular complexity index is 736. The first kappa shape index (κ1) is 18.6. The number of benzene rings is 2. The SMILES string of the molecule is Cc1ccc(CNCc2ccc(CS(=O)(=O)NC(C)C)cc2)cc1. The van der Waals surface area contributed by atoms with Gasteiger partial charge in [-0.1, -0.05) is 54.1 Å². The zero-order chi connectivity index (χ0) is 17.6. The second kappa shape index (κ2) is 8.42. The molecule has 0 atom stereocenters. The van der Waals surface area contributed by atoms with Crippen molar-refractivity contribution in [1.29, 1.82) is 0 Å². The first-order valence-corrected chi connectivity index (χ1v) is 9.83. The molecule has 5 heteroatoms. The van der Waals surface area contributed by atoms with Crippen molar-refractivity contribution in [2.75, 3.05) is 0 Å². The van der Waals surface area contributed by atoms with Crippen LogP contribution in [0.5, 0.6) is 0 Å². The van der Waals surface area contributed by atoms with E-state index in [1.54, 1.807) is 0 Å². The van der Waals surface area contributed by atoms with Gasteiger partial charge >= 0.3 is 0 Å². The molecule has 0 heterocycles. The Morgan fingerprint density at radius 1 is 0.833 bits per heavy atom. The maximum absolute atomic E-state index is 11.9. The standard InChI is InChI=1S/C19H26N2O2S/c1-15(2)21-24(22,23)14-19-10-8-18(9-11-19)13-20-12-17-6-4-16(3)5-7-17/h4-11,15,20-21H,12-14H2,1-3H3. The van der Waals surface area contributed by atoms with Crippen molar-refractivity contribution in [1.82, 2.24) is 10.0 Å². The van der Waals surface area contributed by atoms with Gasteiger partial charge in [0.1, 0.15) is 0 Å².